The van der Waals surface area contributed by atoms with E-state index in [9.17, 15) is 26.4 Å². The highest BCUT2D eigenvalue weighted by atomic mass is 32.2. The van der Waals surface area contributed by atoms with Crippen molar-refractivity contribution >= 4 is 21.6 Å². The summed E-state index contributed by atoms with van der Waals surface area (Å²) < 4.78 is 72.7. The lowest BCUT2D eigenvalue weighted by atomic mass is 10.0. The van der Waals surface area contributed by atoms with Gasteiger partial charge < -0.3 is 14.5 Å². The van der Waals surface area contributed by atoms with Gasteiger partial charge in [-0.05, 0) is 48.0 Å². The molecule has 4 rings (SSSR count). The quantitative estimate of drug-likeness (QED) is 0.395. The minimum Gasteiger partial charge on any atom is -0.497 e. The zero-order valence-electron chi connectivity index (χ0n) is 21.6. The van der Waals surface area contributed by atoms with Crippen molar-refractivity contribution in [2.24, 2.45) is 0 Å². The molecule has 3 aromatic carbocycles. The monoisotopic (exact) mass is 561 g/mol. The molecule has 0 saturated carbocycles. The van der Waals surface area contributed by atoms with E-state index in [1.54, 1.807) is 53.4 Å². The van der Waals surface area contributed by atoms with Crippen LogP contribution in [-0.2, 0) is 21.0 Å². The van der Waals surface area contributed by atoms with Crippen molar-refractivity contribution in [3.05, 3.63) is 90.0 Å². The highest BCUT2D eigenvalue weighted by Crippen LogP contribution is 2.33. The van der Waals surface area contributed by atoms with Crippen molar-refractivity contribution in [1.82, 2.24) is 9.21 Å². The molecule has 7 nitrogen and oxygen atoms in total. The van der Waals surface area contributed by atoms with Gasteiger partial charge in [0.25, 0.3) is 0 Å². The molecule has 39 heavy (non-hydrogen) atoms. The molecule has 11 heteroatoms. The maximum atomic E-state index is 13.4. The summed E-state index contributed by atoms with van der Waals surface area (Å²) in [6.45, 7) is 1.33. The van der Waals surface area contributed by atoms with Gasteiger partial charge in [0, 0.05) is 45.3 Å². The molecule has 1 saturated heterocycles. The Kier molecular flexibility index (Phi) is 8.51. The van der Waals surface area contributed by atoms with Gasteiger partial charge in [-0.25, -0.2) is 8.42 Å². The minimum absolute atomic E-state index is 0.0988. The number of hydrogen-bond acceptors (Lipinski definition) is 5. The van der Waals surface area contributed by atoms with Crippen LogP contribution >= 0.6 is 0 Å². The number of anilines is 1. The van der Waals surface area contributed by atoms with Gasteiger partial charge in [-0.2, -0.15) is 17.5 Å². The number of piperazine rings is 1. The molecule has 0 spiro atoms. The van der Waals surface area contributed by atoms with E-state index in [1.165, 1.54) is 36.7 Å². The number of nitrogens with zero attached hydrogens (tertiary/aromatic N) is 3. The summed E-state index contributed by atoms with van der Waals surface area (Å²) in [5.74, 6) is 0.359. The number of carbonyl (C=O) groups excluding carboxylic acids is 1. The van der Waals surface area contributed by atoms with E-state index in [2.05, 4.69) is 0 Å². The average molecular weight is 562 g/mol. The van der Waals surface area contributed by atoms with Gasteiger partial charge in [0.05, 0.1) is 23.6 Å². The van der Waals surface area contributed by atoms with E-state index in [0.29, 0.717) is 43.2 Å². The summed E-state index contributed by atoms with van der Waals surface area (Å²) in [7, 11) is -0.925. The highest BCUT2D eigenvalue weighted by Gasteiger charge is 2.34. The summed E-state index contributed by atoms with van der Waals surface area (Å²) in [6.07, 6.45) is -4.53. The van der Waals surface area contributed by atoms with Crippen LogP contribution in [0.25, 0.3) is 0 Å². The minimum atomic E-state index is -4.43. The summed E-state index contributed by atoms with van der Waals surface area (Å²) in [4.78, 5) is 17.0. The number of methoxy groups -OCH3 is 1. The fourth-order valence-corrected chi connectivity index (χ4v) is 5.96. The predicted molar refractivity (Wildman–Crippen MR) is 142 cm³/mol. The van der Waals surface area contributed by atoms with Gasteiger partial charge in [0.2, 0.25) is 15.9 Å². The lowest BCUT2D eigenvalue weighted by molar-refractivity contribution is -0.137. The lowest BCUT2D eigenvalue weighted by Gasteiger charge is -2.37. The predicted octanol–water partition coefficient (Wildman–Crippen LogP) is 4.81. The number of alkyl halides is 3. The van der Waals surface area contributed by atoms with E-state index in [0.717, 1.165) is 12.1 Å². The standard InChI is InChI=1S/C28H30F3N3O4S/c1-32(39(36,37)25-9-4-3-5-10-25)26(21-11-13-24(38-2)14-12-21)20-27(35)34-17-15-33(16-18-34)23-8-6-7-22(19-23)28(29,30)31/h3-14,19,26H,15-18,20H2,1-2H3/t26-/m1/s1. The number of benzene rings is 3. The Morgan fingerprint density at radius 2 is 1.59 bits per heavy atom. The van der Waals surface area contributed by atoms with Crippen molar-refractivity contribution in [3.63, 3.8) is 0 Å². The second kappa shape index (κ2) is 11.7. The Morgan fingerprint density at radius 3 is 2.18 bits per heavy atom. The number of amides is 1. The summed E-state index contributed by atoms with van der Waals surface area (Å²) >= 11 is 0. The smallest absolute Gasteiger partial charge is 0.416 e. The number of halogens is 3. The summed E-state index contributed by atoms with van der Waals surface area (Å²) in [6, 6.07) is 19.3. The van der Waals surface area contributed by atoms with Crippen LogP contribution in [0, 0.1) is 0 Å². The Labute approximate surface area is 226 Å². The molecule has 1 amide bonds. The van der Waals surface area contributed by atoms with E-state index in [4.69, 9.17) is 4.74 Å². The second-order valence-electron chi connectivity index (χ2n) is 9.24. The van der Waals surface area contributed by atoms with Gasteiger partial charge in [-0.3, -0.25) is 4.79 Å². The third-order valence-corrected chi connectivity index (χ3v) is 8.78. The third-order valence-electron chi connectivity index (χ3n) is 6.90. The molecule has 0 aromatic heterocycles. The van der Waals surface area contributed by atoms with E-state index in [-0.39, 0.29) is 17.2 Å². The van der Waals surface area contributed by atoms with Gasteiger partial charge in [-0.15, -0.1) is 0 Å². The zero-order valence-corrected chi connectivity index (χ0v) is 22.5. The summed E-state index contributed by atoms with van der Waals surface area (Å²) in [5.41, 5.74) is 0.360. The largest absolute Gasteiger partial charge is 0.497 e. The van der Waals surface area contributed by atoms with Gasteiger partial charge in [0.1, 0.15) is 5.75 Å². The number of sulfonamides is 1. The highest BCUT2D eigenvalue weighted by molar-refractivity contribution is 7.89. The first kappa shape index (κ1) is 28.4. The molecule has 1 heterocycles. The molecule has 0 aliphatic carbocycles. The molecule has 1 atom stereocenters. The number of hydrogen-bond donors (Lipinski definition) is 0. The van der Waals surface area contributed by atoms with Gasteiger partial charge >= 0.3 is 6.18 Å². The third kappa shape index (κ3) is 6.54. The van der Waals surface area contributed by atoms with Crippen LogP contribution in [0.1, 0.15) is 23.6 Å². The molecule has 1 fully saturated rings. The normalized spacial score (nSPS) is 15.3. The van der Waals surface area contributed by atoms with Gasteiger partial charge in [0.15, 0.2) is 0 Å². The van der Waals surface area contributed by atoms with Gasteiger partial charge in [-0.1, -0.05) is 36.4 Å². The maximum Gasteiger partial charge on any atom is 0.416 e. The Bertz CT molecular complexity index is 1380. The van der Waals surface area contributed by atoms with Crippen LogP contribution in [0.2, 0.25) is 0 Å². The fraction of sp³-hybridized carbons (Fsp3) is 0.321. The molecular weight excluding hydrogens is 531 g/mol. The molecule has 1 aliphatic heterocycles. The topological polar surface area (TPSA) is 70.2 Å². The molecule has 0 N–H and O–H groups in total. The van der Waals surface area contributed by atoms with Crippen molar-refractivity contribution in [2.75, 3.05) is 45.2 Å². The van der Waals surface area contributed by atoms with Crippen LogP contribution in [-0.4, -0.2) is 63.9 Å². The fourth-order valence-electron chi connectivity index (χ4n) is 4.60. The Balaban J connectivity index is 1.51. The molecule has 1 aliphatic rings. The van der Waals surface area contributed by atoms with Crippen molar-refractivity contribution in [2.45, 2.75) is 23.5 Å². The number of carbonyl (C=O) groups is 1. The van der Waals surface area contributed by atoms with Crippen LogP contribution in [0.4, 0.5) is 18.9 Å². The summed E-state index contributed by atoms with van der Waals surface area (Å²) in [5, 5.41) is 0. The van der Waals surface area contributed by atoms with Crippen molar-refractivity contribution in [3.8, 4) is 5.75 Å². The number of ether oxygens (including phenoxy) is 1. The van der Waals surface area contributed by atoms with E-state index < -0.39 is 27.8 Å². The Morgan fingerprint density at radius 1 is 0.949 bits per heavy atom. The lowest BCUT2D eigenvalue weighted by Crippen LogP contribution is -2.49. The zero-order chi connectivity index (χ0) is 28.2. The molecule has 0 unspecified atom stereocenters. The van der Waals surface area contributed by atoms with Crippen LogP contribution in [0.3, 0.4) is 0 Å². The molecule has 3 aromatic rings. The average Bonchev–Trinajstić information content (AvgIpc) is 2.95. The van der Waals surface area contributed by atoms with Crippen LogP contribution < -0.4 is 9.64 Å². The number of rotatable bonds is 8. The second-order valence-corrected chi connectivity index (χ2v) is 11.2. The molecule has 208 valence electrons. The molecule has 0 radical (unpaired) electrons. The first-order valence-electron chi connectivity index (χ1n) is 12.4. The Hall–Kier alpha value is -3.57. The van der Waals surface area contributed by atoms with Crippen LogP contribution in [0.5, 0.6) is 5.75 Å². The van der Waals surface area contributed by atoms with E-state index in [1.807, 2.05) is 4.90 Å². The SMILES string of the molecule is COc1ccc([C@@H](CC(=O)N2CCN(c3cccc(C(F)(F)F)c3)CC2)N(C)S(=O)(=O)c2ccccc2)cc1. The van der Waals surface area contributed by atoms with Crippen LogP contribution in [0.15, 0.2) is 83.8 Å². The molecular formula is C28H30F3N3O4S. The van der Waals surface area contributed by atoms with Crippen molar-refractivity contribution in [1.29, 1.82) is 0 Å². The maximum absolute atomic E-state index is 13.4. The van der Waals surface area contributed by atoms with E-state index >= 15 is 0 Å². The first-order chi connectivity index (χ1) is 18.5. The molecule has 0 bridgehead atoms. The van der Waals surface area contributed by atoms with Crippen molar-refractivity contribution < 1.29 is 31.1 Å². The first-order valence-corrected chi connectivity index (χ1v) is 13.8.